The van der Waals surface area contributed by atoms with Gasteiger partial charge in [-0.2, -0.15) is 5.26 Å². The van der Waals surface area contributed by atoms with Crippen LogP contribution in [0.1, 0.15) is 28.0 Å². The molecule has 1 N–H and O–H groups in total. The van der Waals surface area contributed by atoms with E-state index < -0.39 is 0 Å². The average Bonchev–Trinajstić information content (AvgIpc) is 2.55. The van der Waals surface area contributed by atoms with Crippen LogP contribution in [-0.2, 0) is 6.42 Å². The molecule has 0 unspecified atom stereocenters. The molecule has 22 heavy (non-hydrogen) atoms. The van der Waals surface area contributed by atoms with E-state index in [1.54, 1.807) is 6.07 Å². The van der Waals surface area contributed by atoms with Crippen molar-refractivity contribution in [3.63, 3.8) is 0 Å². The zero-order valence-electron chi connectivity index (χ0n) is 12.3. The number of nitrogens with one attached hydrogen (secondary N) is 1. The Morgan fingerprint density at radius 3 is 3.05 bits per heavy atom. The Balaban J connectivity index is 1.81. The minimum Gasteiger partial charge on any atom is -0.374 e. The summed E-state index contributed by atoms with van der Waals surface area (Å²) in [5.41, 5.74) is 3.91. The predicted molar refractivity (Wildman–Crippen MR) is 84.9 cm³/mol. The molecular formula is C17H16N4O. The maximum absolute atomic E-state index is 12.3. The highest BCUT2D eigenvalue weighted by molar-refractivity contribution is 6.04. The molecule has 0 fully saturated rings. The van der Waals surface area contributed by atoms with Gasteiger partial charge in [0.1, 0.15) is 11.8 Å². The fourth-order valence-electron chi connectivity index (χ4n) is 2.70. The van der Waals surface area contributed by atoms with Crippen LogP contribution in [0.15, 0.2) is 36.5 Å². The standard InChI is InChI=1S/C17H16N4O/c1-21-8-2-3-12-9-14(4-5-16(12)21)20-17(22)13-6-7-19-15(10-13)11-18/h4-7,9-10H,2-3,8H2,1H3,(H,20,22). The van der Waals surface area contributed by atoms with E-state index in [1.807, 2.05) is 24.3 Å². The lowest BCUT2D eigenvalue weighted by atomic mass is 10.0. The number of nitrogens with zero attached hydrogens (tertiary/aromatic N) is 3. The fraction of sp³-hybridized carbons (Fsp3) is 0.235. The van der Waals surface area contributed by atoms with E-state index in [2.05, 4.69) is 22.2 Å². The molecule has 5 nitrogen and oxygen atoms in total. The van der Waals surface area contributed by atoms with Gasteiger partial charge in [0.05, 0.1) is 0 Å². The summed E-state index contributed by atoms with van der Waals surface area (Å²) in [6, 6.07) is 11.0. The minimum atomic E-state index is -0.233. The Morgan fingerprint density at radius 1 is 1.36 bits per heavy atom. The number of nitriles is 1. The van der Waals surface area contributed by atoms with E-state index in [1.165, 1.54) is 23.5 Å². The van der Waals surface area contributed by atoms with E-state index in [4.69, 9.17) is 5.26 Å². The van der Waals surface area contributed by atoms with Crippen LogP contribution in [0.5, 0.6) is 0 Å². The van der Waals surface area contributed by atoms with E-state index in [0.29, 0.717) is 5.56 Å². The summed E-state index contributed by atoms with van der Waals surface area (Å²) >= 11 is 0. The number of fused-ring (bicyclic) bond motifs is 1. The molecule has 2 heterocycles. The molecule has 3 rings (SSSR count). The molecule has 1 aromatic carbocycles. The van der Waals surface area contributed by atoms with E-state index in [-0.39, 0.29) is 11.6 Å². The van der Waals surface area contributed by atoms with Gasteiger partial charge in [-0.3, -0.25) is 4.79 Å². The summed E-state index contributed by atoms with van der Waals surface area (Å²) in [4.78, 5) is 18.4. The fourth-order valence-corrected chi connectivity index (χ4v) is 2.70. The van der Waals surface area contributed by atoms with Crippen molar-refractivity contribution >= 4 is 17.3 Å². The molecule has 2 aromatic rings. The first-order chi connectivity index (χ1) is 10.7. The minimum absolute atomic E-state index is 0.233. The van der Waals surface area contributed by atoms with Gasteiger partial charge >= 0.3 is 0 Å². The highest BCUT2D eigenvalue weighted by atomic mass is 16.1. The summed E-state index contributed by atoms with van der Waals surface area (Å²) in [6.45, 7) is 1.06. The van der Waals surface area contributed by atoms with Crippen molar-refractivity contribution in [2.45, 2.75) is 12.8 Å². The lowest BCUT2D eigenvalue weighted by molar-refractivity contribution is 0.102. The van der Waals surface area contributed by atoms with Crippen LogP contribution in [0.2, 0.25) is 0 Å². The second-order valence-corrected chi connectivity index (χ2v) is 5.36. The van der Waals surface area contributed by atoms with Gasteiger partial charge in [0, 0.05) is 36.7 Å². The Labute approximate surface area is 129 Å². The first kappa shape index (κ1) is 14.1. The number of carbonyl (C=O) groups is 1. The van der Waals surface area contributed by atoms with E-state index in [9.17, 15) is 4.79 Å². The first-order valence-electron chi connectivity index (χ1n) is 7.19. The summed E-state index contributed by atoms with van der Waals surface area (Å²) < 4.78 is 0. The van der Waals surface area contributed by atoms with Gasteiger partial charge in [-0.25, -0.2) is 4.98 Å². The lowest BCUT2D eigenvalue weighted by Gasteiger charge is -2.27. The molecule has 1 aromatic heterocycles. The Hall–Kier alpha value is -2.87. The second kappa shape index (κ2) is 5.86. The van der Waals surface area contributed by atoms with Crippen molar-refractivity contribution in [1.29, 1.82) is 5.26 Å². The number of anilines is 2. The lowest BCUT2D eigenvalue weighted by Crippen LogP contribution is -2.24. The molecular weight excluding hydrogens is 276 g/mol. The van der Waals surface area contributed by atoms with Crippen LogP contribution in [0.25, 0.3) is 0 Å². The van der Waals surface area contributed by atoms with E-state index >= 15 is 0 Å². The molecule has 0 radical (unpaired) electrons. The molecule has 5 heteroatoms. The van der Waals surface area contributed by atoms with Gasteiger partial charge in [-0.05, 0) is 48.7 Å². The van der Waals surface area contributed by atoms with Crippen LogP contribution in [0, 0.1) is 11.3 Å². The molecule has 1 aliphatic rings. The molecule has 0 saturated heterocycles. The van der Waals surface area contributed by atoms with Gasteiger partial charge in [-0.15, -0.1) is 0 Å². The normalized spacial score (nSPS) is 13.2. The number of aryl methyl sites for hydroxylation is 1. The summed E-state index contributed by atoms with van der Waals surface area (Å²) in [5.74, 6) is -0.233. The number of rotatable bonds is 2. The maximum Gasteiger partial charge on any atom is 0.255 e. The number of benzene rings is 1. The number of hydrogen-bond acceptors (Lipinski definition) is 4. The van der Waals surface area contributed by atoms with Crippen LogP contribution in [-0.4, -0.2) is 24.5 Å². The van der Waals surface area contributed by atoms with Crippen molar-refractivity contribution < 1.29 is 4.79 Å². The first-order valence-corrected chi connectivity index (χ1v) is 7.19. The maximum atomic E-state index is 12.3. The number of aromatic nitrogens is 1. The summed E-state index contributed by atoms with van der Waals surface area (Å²) in [6.07, 6.45) is 3.61. The second-order valence-electron chi connectivity index (χ2n) is 5.36. The molecule has 0 spiro atoms. The number of carbonyl (C=O) groups excluding carboxylic acids is 1. The number of hydrogen-bond donors (Lipinski definition) is 1. The van der Waals surface area contributed by atoms with E-state index in [0.717, 1.165) is 25.1 Å². The van der Waals surface area contributed by atoms with Crippen LogP contribution < -0.4 is 10.2 Å². The van der Waals surface area contributed by atoms with Gasteiger partial charge in [0.2, 0.25) is 0 Å². The molecule has 0 bridgehead atoms. The number of amides is 1. The van der Waals surface area contributed by atoms with Gasteiger partial charge in [0.15, 0.2) is 0 Å². The topological polar surface area (TPSA) is 69.0 Å². The molecule has 0 saturated carbocycles. The van der Waals surface area contributed by atoms with Crippen molar-refractivity contribution in [3.05, 3.63) is 53.3 Å². The van der Waals surface area contributed by atoms with Crippen molar-refractivity contribution in [2.75, 3.05) is 23.8 Å². The third-order valence-electron chi connectivity index (χ3n) is 3.82. The Kier molecular flexibility index (Phi) is 3.75. The van der Waals surface area contributed by atoms with Crippen molar-refractivity contribution in [3.8, 4) is 6.07 Å². The summed E-state index contributed by atoms with van der Waals surface area (Å²) in [5, 5.41) is 11.7. The molecule has 110 valence electrons. The Bertz CT molecular complexity index is 763. The average molecular weight is 292 g/mol. The zero-order chi connectivity index (χ0) is 15.5. The third-order valence-corrected chi connectivity index (χ3v) is 3.82. The highest BCUT2D eigenvalue weighted by Gasteiger charge is 2.15. The summed E-state index contributed by atoms with van der Waals surface area (Å²) in [7, 11) is 2.08. The van der Waals surface area contributed by atoms with Gasteiger partial charge in [-0.1, -0.05) is 0 Å². The SMILES string of the molecule is CN1CCCc2cc(NC(=O)c3ccnc(C#N)c3)ccc21. The van der Waals surface area contributed by atoms with Crippen LogP contribution >= 0.6 is 0 Å². The smallest absolute Gasteiger partial charge is 0.255 e. The van der Waals surface area contributed by atoms with Crippen LogP contribution in [0.4, 0.5) is 11.4 Å². The highest BCUT2D eigenvalue weighted by Crippen LogP contribution is 2.28. The van der Waals surface area contributed by atoms with Gasteiger partial charge in [0.25, 0.3) is 5.91 Å². The molecule has 0 atom stereocenters. The molecule has 0 aliphatic carbocycles. The quantitative estimate of drug-likeness (QED) is 0.923. The number of pyridine rings is 1. The van der Waals surface area contributed by atoms with Crippen molar-refractivity contribution in [1.82, 2.24) is 4.98 Å². The predicted octanol–water partition coefficient (Wildman–Crippen LogP) is 2.59. The van der Waals surface area contributed by atoms with Crippen molar-refractivity contribution in [2.24, 2.45) is 0 Å². The Morgan fingerprint density at radius 2 is 2.23 bits per heavy atom. The monoisotopic (exact) mass is 292 g/mol. The molecule has 1 aliphatic heterocycles. The molecule has 1 amide bonds. The zero-order valence-corrected chi connectivity index (χ0v) is 12.3. The third kappa shape index (κ3) is 2.77. The van der Waals surface area contributed by atoms with Crippen LogP contribution in [0.3, 0.4) is 0 Å². The van der Waals surface area contributed by atoms with Gasteiger partial charge < -0.3 is 10.2 Å². The largest absolute Gasteiger partial charge is 0.374 e.